The topological polar surface area (TPSA) is 103 Å². The number of rotatable bonds is 3. The molecule has 28 heavy (non-hydrogen) atoms. The van der Waals surface area contributed by atoms with Gasteiger partial charge in [0.15, 0.2) is 0 Å². The molecule has 6 heteroatoms. The average molecular weight is 393 g/mol. The van der Waals surface area contributed by atoms with E-state index < -0.39 is 5.60 Å². The van der Waals surface area contributed by atoms with Crippen LogP contribution in [0, 0.1) is 34.5 Å². The number of guanidine groups is 1. The molecule has 0 bridgehead atoms. The maximum atomic E-state index is 12.1. The average Bonchev–Trinajstić information content (AvgIpc) is 2.93. The molecular formula is C22H40N4O2. The van der Waals surface area contributed by atoms with Crippen molar-refractivity contribution in [2.75, 3.05) is 13.6 Å². The number of hydrogen-bond donors (Lipinski definition) is 5. The Morgan fingerprint density at radius 1 is 1.07 bits per heavy atom. The van der Waals surface area contributed by atoms with E-state index >= 15 is 0 Å². The minimum atomic E-state index is -0.559. The summed E-state index contributed by atoms with van der Waals surface area (Å²) in [5.41, 5.74) is 11.6. The molecule has 8 atom stereocenters. The molecule has 4 rings (SSSR count). The summed E-state index contributed by atoms with van der Waals surface area (Å²) in [5.74, 6) is 2.47. The molecule has 4 aliphatic rings. The van der Waals surface area contributed by atoms with Crippen LogP contribution in [0.5, 0.6) is 0 Å². The van der Waals surface area contributed by atoms with Crippen LogP contribution in [0.3, 0.4) is 0 Å². The number of nitrogens with zero attached hydrogens (tertiary/aromatic N) is 1. The molecule has 4 aliphatic carbocycles. The van der Waals surface area contributed by atoms with Gasteiger partial charge in [0.1, 0.15) is 0 Å². The van der Waals surface area contributed by atoms with Gasteiger partial charge in [-0.05, 0) is 86.9 Å². The smallest absolute Gasteiger partial charge is 0.202 e. The van der Waals surface area contributed by atoms with Gasteiger partial charge in [0.25, 0.3) is 0 Å². The zero-order valence-corrected chi connectivity index (χ0v) is 17.9. The SMILES string of the molecule is CN=C(N)NNC[C@H]1CC[C@]2(O)[C@@H]3CC[C@@H]4C[C@@H](O)CC[C@]4(C)[C@H]3CC[C@]12C. The Hall–Kier alpha value is -0.850. The Balaban J connectivity index is 1.52. The molecule has 0 spiro atoms. The third kappa shape index (κ3) is 2.90. The monoisotopic (exact) mass is 392 g/mol. The minimum absolute atomic E-state index is 0.0433. The van der Waals surface area contributed by atoms with Crippen molar-refractivity contribution in [2.45, 2.75) is 83.3 Å². The van der Waals surface area contributed by atoms with E-state index in [9.17, 15) is 10.2 Å². The summed E-state index contributed by atoms with van der Waals surface area (Å²) in [5, 5.41) is 22.3. The highest BCUT2D eigenvalue weighted by atomic mass is 16.3. The molecule has 6 nitrogen and oxygen atoms in total. The maximum Gasteiger partial charge on any atom is 0.202 e. The lowest BCUT2D eigenvalue weighted by molar-refractivity contribution is -0.209. The van der Waals surface area contributed by atoms with Crippen LogP contribution in [0.4, 0.5) is 0 Å². The van der Waals surface area contributed by atoms with Crippen LogP contribution >= 0.6 is 0 Å². The van der Waals surface area contributed by atoms with Crippen molar-refractivity contribution in [3.63, 3.8) is 0 Å². The Morgan fingerprint density at radius 3 is 2.61 bits per heavy atom. The Labute approximate surface area is 169 Å². The second kappa shape index (κ2) is 7.13. The highest BCUT2D eigenvalue weighted by Crippen LogP contribution is 2.68. The number of fused-ring (bicyclic) bond motifs is 5. The van der Waals surface area contributed by atoms with Crippen LogP contribution in [-0.4, -0.2) is 41.5 Å². The van der Waals surface area contributed by atoms with Crippen LogP contribution in [-0.2, 0) is 0 Å². The van der Waals surface area contributed by atoms with Crippen molar-refractivity contribution < 1.29 is 10.2 Å². The highest BCUT2D eigenvalue weighted by molar-refractivity contribution is 5.77. The molecular weight excluding hydrogens is 352 g/mol. The third-order valence-corrected chi connectivity index (χ3v) is 9.82. The summed E-state index contributed by atoms with van der Waals surface area (Å²) in [7, 11) is 1.67. The molecule has 0 unspecified atom stereocenters. The first-order chi connectivity index (χ1) is 13.2. The molecule has 0 aromatic carbocycles. The quantitative estimate of drug-likeness (QED) is 0.288. The summed E-state index contributed by atoms with van der Waals surface area (Å²) in [6, 6.07) is 0. The highest BCUT2D eigenvalue weighted by Gasteiger charge is 2.66. The summed E-state index contributed by atoms with van der Waals surface area (Å²) < 4.78 is 0. The molecule has 4 fully saturated rings. The number of hydrogen-bond acceptors (Lipinski definition) is 4. The van der Waals surface area contributed by atoms with Crippen molar-refractivity contribution in [3.8, 4) is 0 Å². The van der Waals surface area contributed by atoms with Gasteiger partial charge in [0.05, 0.1) is 11.7 Å². The van der Waals surface area contributed by atoms with E-state index in [1.165, 1.54) is 12.8 Å². The van der Waals surface area contributed by atoms with Gasteiger partial charge in [-0.25, -0.2) is 5.43 Å². The summed E-state index contributed by atoms with van der Waals surface area (Å²) in [6.45, 7) is 5.61. The fourth-order valence-electron chi connectivity index (χ4n) is 7.96. The summed E-state index contributed by atoms with van der Waals surface area (Å²) in [4.78, 5) is 3.92. The fraction of sp³-hybridized carbons (Fsp3) is 0.955. The molecule has 0 heterocycles. The molecule has 0 radical (unpaired) electrons. The van der Waals surface area contributed by atoms with Gasteiger partial charge in [0.2, 0.25) is 5.96 Å². The molecule has 0 aromatic heterocycles. The van der Waals surface area contributed by atoms with Crippen LogP contribution in [0.15, 0.2) is 4.99 Å². The van der Waals surface area contributed by atoms with Crippen LogP contribution in [0.2, 0.25) is 0 Å². The van der Waals surface area contributed by atoms with E-state index in [0.717, 1.165) is 51.5 Å². The molecule has 6 N–H and O–H groups in total. The van der Waals surface area contributed by atoms with Gasteiger partial charge in [-0.1, -0.05) is 13.8 Å². The number of nitrogens with two attached hydrogens (primary N) is 1. The van der Waals surface area contributed by atoms with E-state index in [4.69, 9.17) is 5.73 Å². The third-order valence-electron chi connectivity index (χ3n) is 9.82. The lowest BCUT2D eigenvalue weighted by Gasteiger charge is -2.63. The number of aliphatic hydroxyl groups is 2. The summed E-state index contributed by atoms with van der Waals surface area (Å²) in [6.07, 6.45) is 9.49. The number of nitrogens with one attached hydrogen (secondary N) is 2. The minimum Gasteiger partial charge on any atom is -0.393 e. The Kier molecular flexibility index (Phi) is 5.20. The normalized spacial score (nSPS) is 51.2. The molecule has 0 saturated heterocycles. The molecule has 0 amide bonds. The van der Waals surface area contributed by atoms with Gasteiger partial charge in [-0.3, -0.25) is 10.4 Å². The number of hydrazine groups is 1. The zero-order chi connectivity index (χ0) is 20.2. The second-order valence-electron chi connectivity index (χ2n) is 10.7. The molecule has 4 saturated carbocycles. The van der Waals surface area contributed by atoms with Gasteiger partial charge < -0.3 is 15.9 Å². The Bertz CT molecular complexity index is 628. The van der Waals surface area contributed by atoms with Crippen molar-refractivity contribution >= 4 is 5.96 Å². The van der Waals surface area contributed by atoms with E-state index in [1.54, 1.807) is 7.05 Å². The van der Waals surface area contributed by atoms with E-state index in [-0.39, 0.29) is 11.5 Å². The number of aliphatic hydroxyl groups excluding tert-OH is 1. The van der Waals surface area contributed by atoms with Crippen molar-refractivity contribution in [3.05, 3.63) is 0 Å². The largest absolute Gasteiger partial charge is 0.393 e. The van der Waals surface area contributed by atoms with E-state index in [1.807, 2.05) is 0 Å². The van der Waals surface area contributed by atoms with Gasteiger partial charge in [0, 0.05) is 19.0 Å². The first-order valence-electron chi connectivity index (χ1n) is 11.4. The van der Waals surface area contributed by atoms with Crippen molar-refractivity contribution in [1.82, 2.24) is 10.9 Å². The van der Waals surface area contributed by atoms with Gasteiger partial charge in [-0.2, -0.15) is 0 Å². The standard InChI is InChI=1S/C22H40N4O2/c1-20-9-7-16(27)12-14(20)4-5-18-17(20)8-10-21(2)15(6-11-22(18,21)28)13-25-26-19(23)24-3/h14-18,25,27-28H,4-13H2,1-3H3,(H3,23,24,26)/t14-,15-,16+,17+,18-,20+,21-,22+/m1/s1. The first kappa shape index (κ1) is 20.4. The van der Waals surface area contributed by atoms with E-state index in [2.05, 4.69) is 29.7 Å². The van der Waals surface area contributed by atoms with Crippen molar-refractivity contribution in [2.24, 2.45) is 45.2 Å². The van der Waals surface area contributed by atoms with Crippen molar-refractivity contribution in [1.29, 1.82) is 0 Å². The Morgan fingerprint density at radius 2 is 1.86 bits per heavy atom. The van der Waals surface area contributed by atoms with Gasteiger partial charge in [-0.15, -0.1) is 0 Å². The predicted molar refractivity (Wildman–Crippen MR) is 111 cm³/mol. The molecule has 0 aliphatic heterocycles. The lowest BCUT2D eigenvalue weighted by Crippen LogP contribution is -2.63. The zero-order valence-electron chi connectivity index (χ0n) is 17.9. The number of aliphatic imine (C=N–C) groups is 1. The predicted octanol–water partition coefficient (Wildman–Crippen LogP) is 2.16. The molecule has 160 valence electrons. The first-order valence-corrected chi connectivity index (χ1v) is 11.4. The van der Waals surface area contributed by atoms with Crippen LogP contribution < -0.4 is 16.6 Å². The second-order valence-corrected chi connectivity index (χ2v) is 10.7. The van der Waals surface area contributed by atoms with E-state index in [0.29, 0.717) is 35.0 Å². The fourth-order valence-corrected chi connectivity index (χ4v) is 7.96. The lowest BCUT2D eigenvalue weighted by atomic mass is 9.43. The van der Waals surface area contributed by atoms with Crippen LogP contribution in [0.25, 0.3) is 0 Å². The van der Waals surface area contributed by atoms with Crippen LogP contribution in [0.1, 0.15) is 71.6 Å². The van der Waals surface area contributed by atoms with Gasteiger partial charge >= 0.3 is 0 Å². The summed E-state index contributed by atoms with van der Waals surface area (Å²) >= 11 is 0. The maximum absolute atomic E-state index is 12.1. The molecule has 0 aromatic rings.